The summed E-state index contributed by atoms with van der Waals surface area (Å²) < 4.78 is 0. The molecule has 0 heterocycles. The van der Waals surface area contributed by atoms with Crippen molar-refractivity contribution < 1.29 is 0 Å². The SMILES string of the molecule is CCC(C#N)Nc1ccccc1C#N. The molecule has 0 radical (unpaired) electrons. The maximum Gasteiger partial charge on any atom is 0.114 e. The summed E-state index contributed by atoms with van der Waals surface area (Å²) in [5.41, 5.74) is 1.30. The van der Waals surface area contributed by atoms with Crippen LogP contribution in [0, 0.1) is 22.7 Å². The number of nitriles is 2. The highest BCUT2D eigenvalue weighted by atomic mass is 14.9. The van der Waals surface area contributed by atoms with Gasteiger partial charge in [-0.15, -0.1) is 0 Å². The van der Waals surface area contributed by atoms with Gasteiger partial charge in [0.25, 0.3) is 0 Å². The molecular weight excluding hydrogens is 174 g/mol. The minimum Gasteiger partial charge on any atom is -0.369 e. The summed E-state index contributed by atoms with van der Waals surface area (Å²) in [4.78, 5) is 0. The van der Waals surface area contributed by atoms with Crippen LogP contribution in [0.15, 0.2) is 24.3 Å². The van der Waals surface area contributed by atoms with Crippen molar-refractivity contribution in [1.29, 1.82) is 10.5 Å². The first-order valence-corrected chi connectivity index (χ1v) is 4.47. The Kier molecular flexibility index (Phi) is 3.52. The predicted molar refractivity (Wildman–Crippen MR) is 54.5 cm³/mol. The Morgan fingerprint density at radius 2 is 2.07 bits per heavy atom. The van der Waals surface area contributed by atoms with E-state index in [9.17, 15) is 0 Å². The Hall–Kier alpha value is -2.00. The second-order valence-corrected chi connectivity index (χ2v) is 2.89. The molecule has 1 unspecified atom stereocenters. The van der Waals surface area contributed by atoms with E-state index in [2.05, 4.69) is 17.5 Å². The minimum atomic E-state index is -0.232. The molecular formula is C11H11N3. The van der Waals surface area contributed by atoms with Gasteiger partial charge in [0.2, 0.25) is 0 Å². The first-order valence-electron chi connectivity index (χ1n) is 4.47. The van der Waals surface area contributed by atoms with Crippen LogP contribution in [-0.4, -0.2) is 6.04 Å². The van der Waals surface area contributed by atoms with E-state index in [0.29, 0.717) is 5.56 Å². The summed E-state index contributed by atoms with van der Waals surface area (Å²) in [6.07, 6.45) is 0.719. The minimum absolute atomic E-state index is 0.232. The highest BCUT2D eigenvalue weighted by molar-refractivity contribution is 5.58. The number of nitrogens with zero attached hydrogens (tertiary/aromatic N) is 2. The van der Waals surface area contributed by atoms with Gasteiger partial charge in [-0.2, -0.15) is 10.5 Å². The lowest BCUT2D eigenvalue weighted by Crippen LogP contribution is -2.16. The molecule has 1 atom stereocenters. The normalized spacial score (nSPS) is 11.1. The van der Waals surface area contributed by atoms with Crippen LogP contribution < -0.4 is 5.32 Å². The topological polar surface area (TPSA) is 59.6 Å². The number of hydrogen-bond donors (Lipinski definition) is 1. The van der Waals surface area contributed by atoms with Crippen LogP contribution in [0.1, 0.15) is 18.9 Å². The van der Waals surface area contributed by atoms with Crippen LogP contribution in [0.5, 0.6) is 0 Å². The van der Waals surface area contributed by atoms with E-state index in [-0.39, 0.29) is 6.04 Å². The zero-order chi connectivity index (χ0) is 10.4. The first kappa shape index (κ1) is 10.1. The van der Waals surface area contributed by atoms with Gasteiger partial charge in [0, 0.05) is 0 Å². The molecule has 1 aromatic rings. The molecule has 3 heteroatoms. The summed E-state index contributed by atoms with van der Waals surface area (Å²) in [7, 11) is 0. The Labute approximate surface area is 83.6 Å². The Morgan fingerprint density at radius 1 is 1.36 bits per heavy atom. The van der Waals surface area contributed by atoms with Crippen molar-refractivity contribution in [2.75, 3.05) is 5.32 Å². The van der Waals surface area contributed by atoms with Gasteiger partial charge in [-0.3, -0.25) is 0 Å². The predicted octanol–water partition coefficient (Wildman–Crippen LogP) is 2.27. The number of benzene rings is 1. The molecule has 0 aliphatic carbocycles. The van der Waals surface area contributed by atoms with Crippen molar-refractivity contribution in [3.05, 3.63) is 29.8 Å². The highest BCUT2D eigenvalue weighted by Crippen LogP contribution is 2.15. The number of nitrogens with one attached hydrogen (secondary N) is 1. The average Bonchev–Trinajstić information content (AvgIpc) is 2.26. The molecule has 0 aliphatic heterocycles. The summed E-state index contributed by atoms with van der Waals surface area (Å²) in [6.45, 7) is 1.93. The van der Waals surface area contributed by atoms with Gasteiger partial charge >= 0.3 is 0 Å². The fraction of sp³-hybridized carbons (Fsp3) is 0.273. The van der Waals surface area contributed by atoms with Crippen molar-refractivity contribution in [2.45, 2.75) is 19.4 Å². The van der Waals surface area contributed by atoms with E-state index in [1.54, 1.807) is 18.2 Å². The molecule has 0 amide bonds. The molecule has 1 rings (SSSR count). The average molecular weight is 185 g/mol. The fourth-order valence-electron chi connectivity index (χ4n) is 1.12. The summed E-state index contributed by atoms with van der Waals surface area (Å²) >= 11 is 0. The van der Waals surface area contributed by atoms with Gasteiger partial charge in [0.15, 0.2) is 0 Å². The maximum absolute atomic E-state index is 8.80. The second kappa shape index (κ2) is 4.89. The van der Waals surface area contributed by atoms with Crippen molar-refractivity contribution in [3.8, 4) is 12.1 Å². The summed E-state index contributed by atoms with van der Waals surface area (Å²) in [5.74, 6) is 0. The Bertz CT molecular complexity index is 384. The first-order chi connectivity index (χ1) is 6.81. The molecule has 14 heavy (non-hydrogen) atoms. The maximum atomic E-state index is 8.80. The largest absolute Gasteiger partial charge is 0.369 e. The van der Waals surface area contributed by atoms with Crippen LogP contribution >= 0.6 is 0 Å². The van der Waals surface area contributed by atoms with Crippen molar-refractivity contribution in [3.63, 3.8) is 0 Å². The molecule has 0 aromatic heterocycles. The highest BCUT2D eigenvalue weighted by Gasteiger charge is 2.06. The van der Waals surface area contributed by atoms with E-state index in [1.165, 1.54) is 0 Å². The molecule has 3 nitrogen and oxygen atoms in total. The van der Waals surface area contributed by atoms with Crippen LogP contribution in [0.2, 0.25) is 0 Å². The smallest absolute Gasteiger partial charge is 0.114 e. The lowest BCUT2D eigenvalue weighted by molar-refractivity contribution is 0.845. The number of hydrogen-bond acceptors (Lipinski definition) is 3. The van der Waals surface area contributed by atoms with Crippen molar-refractivity contribution in [2.24, 2.45) is 0 Å². The van der Waals surface area contributed by atoms with Gasteiger partial charge in [0.05, 0.1) is 17.3 Å². The van der Waals surface area contributed by atoms with Gasteiger partial charge in [-0.1, -0.05) is 19.1 Å². The quantitative estimate of drug-likeness (QED) is 0.785. The van der Waals surface area contributed by atoms with Crippen LogP contribution in [0.4, 0.5) is 5.69 Å². The van der Waals surface area contributed by atoms with E-state index in [0.717, 1.165) is 12.1 Å². The van der Waals surface area contributed by atoms with Crippen LogP contribution in [-0.2, 0) is 0 Å². The van der Waals surface area contributed by atoms with E-state index < -0.39 is 0 Å². The molecule has 0 bridgehead atoms. The van der Waals surface area contributed by atoms with Crippen molar-refractivity contribution in [1.82, 2.24) is 0 Å². The third-order valence-corrected chi connectivity index (χ3v) is 1.94. The molecule has 70 valence electrons. The van der Waals surface area contributed by atoms with Gasteiger partial charge in [-0.25, -0.2) is 0 Å². The lowest BCUT2D eigenvalue weighted by Gasteiger charge is -2.11. The second-order valence-electron chi connectivity index (χ2n) is 2.89. The molecule has 1 aromatic carbocycles. The van der Waals surface area contributed by atoms with E-state index >= 15 is 0 Å². The number of anilines is 1. The van der Waals surface area contributed by atoms with Crippen LogP contribution in [0.25, 0.3) is 0 Å². The van der Waals surface area contributed by atoms with Crippen molar-refractivity contribution >= 4 is 5.69 Å². The fourth-order valence-corrected chi connectivity index (χ4v) is 1.12. The lowest BCUT2D eigenvalue weighted by atomic mass is 10.1. The molecule has 1 N–H and O–H groups in total. The standard InChI is InChI=1S/C11H11N3/c1-2-10(8-13)14-11-6-4-3-5-9(11)7-12/h3-6,10,14H,2H2,1H3. The van der Waals surface area contributed by atoms with Gasteiger partial charge in [-0.05, 0) is 18.6 Å². The van der Waals surface area contributed by atoms with E-state index in [4.69, 9.17) is 10.5 Å². The number of rotatable bonds is 3. The zero-order valence-electron chi connectivity index (χ0n) is 7.99. The third-order valence-electron chi connectivity index (χ3n) is 1.94. The molecule has 0 aliphatic rings. The molecule has 0 saturated carbocycles. The van der Waals surface area contributed by atoms with E-state index in [1.807, 2.05) is 13.0 Å². The zero-order valence-corrected chi connectivity index (χ0v) is 7.99. The monoisotopic (exact) mass is 185 g/mol. The van der Waals surface area contributed by atoms with Gasteiger partial charge < -0.3 is 5.32 Å². The molecule has 0 fully saturated rings. The third kappa shape index (κ3) is 2.24. The van der Waals surface area contributed by atoms with Crippen LogP contribution in [0.3, 0.4) is 0 Å². The van der Waals surface area contributed by atoms with Gasteiger partial charge in [0.1, 0.15) is 12.1 Å². The molecule has 0 spiro atoms. The Morgan fingerprint density at radius 3 is 2.64 bits per heavy atom. The number of para-hydroxylation sites is 1. The molecule has 0 saturated heterocycles. The summed E-state index contributed by atoms with van der Waals surface area (Å²) in [5, 5.41) is 20.6. The Balaban J connectivity index is 2.87. The summed E-state index contributed by atoms with van der Waals surface area (Å²) in [6, 6.07) is 11.2.